The summed E-state index contributed by atoms with van der Waals surface area (Å²) in [6, 6.07) is 0. The molecule has 0 amide bonds. The van der Waals surface area contributed by atoms with E-state index >= 15 is 0 Å². The summed E-state index contributed by atoms with van der Waals surface area (Å²) >= 11 is 23.9. The molecular weight excluding hydrogens is 568 g/mol. The number of hydrogen-bond acceptors (Lipinski definition) is 0. The average Bonchev–Trinajstić information content (AvgIpc) is 3.34. The molecule has 0 aromatic heterocycles. The van der Waals surface area contributed by atoms with Crippen LogP contribution in [0.4, 0.5) is 0 Å². The second-order valence-corrected chi connectivity index (χ2v) is 7.12. The van der Waals surface area contributed by atoms with Gasteiger partial charge in [0.2, 0.25) is 0 Å². The van der Waals surface area contributed by atoms with Crippen molar-refractivity contribution in [1.82, 2.24) is 0 Å². The van der Waals surface area contributed by atoms with Crippen LogP contribution in [0.3, 0.4) is 0 Å². The molecule has 0 unspecified atom stereocenters. The van der Waals surface area contributed by atoms with Crippen LogP contribution in [0.15, 0.2) is 117 Å². The molecule has 0 radical (unpaired) electrons. The smallest absolute Gasteiger partial charge is 0.145 e. The summed E-state index contributed by atoms with van der Waals surface area (Å²) in [5, 5.41) is 2.44. The van der Waals surface area contributed by atoms with Gasteiger partial charge in [0.1, 0.15) is 0 Å². The normalized spacial score (nSPS) is 18.7. The topological polar surface area (TPSA) is 0 Å². The molecule has 4 aliphatic rings. The third-order valence-electron chi connectivity index (χ3n) is 3.85. The van der Waals surface area contributed by atoms with E-state index < -0.39 is 0 Å². The molecule has 4 rings (SSSR count). The predicted molar refractivity (Wildman–Crippen MR) is 115 cm³/mol. The minimum Gasteiger partial charge on any atom is -0.145 e. The van der Waals surface area contributed by atoms with Crippen LogP contribution in [0, 0.1) is 10.8 Å². The maximum absolute atomic E-state index is 6.05. The van der Waals surface area contributed by atoms with Gasteiger partial charge in [-0.15, -0.1) is 94.0 Å². The van der Waals surface area contributed by atoms with E-state index in [1.807, 2.05) is 72.9 Å². The Morgan fingerprint density at radius 3 is 1.18 bits per heavy atom. The molecule has 0 bridgehead atoms. The molecule has 0 saturated heterocycles. The fraction of sp³-hybridized carbons (Fsp3) is 0. The van der Waals surface area contributed by atoms with E-state index in [2.05, 4.69) is 0 Å². The van der Waals surface area contributed by atoms with Gasteiger partial charge in [-0.3, -0.25) is 0 Å². The summed E-state index contributed by atoms with van der Waals surface area (Å²) in [7, 11) is 0. The Hall–Kier alpha value is -0.518. The summed E-state index contributed by atoms with van der Waals surface area (Å²) < 4.78 is 0. The Bertz CT molecular complexity index is 793. The van der Waals surface area contributed by atoms with Crippen molar-refractivity contribution < 1.29 is 37.5 Å². The van der Waals surface area contributed by atoms with E-state index in [0.717, 1.165) is 22.3 Å². The van der Waals surface area contributed by atoms with E-state index in [1.54, 1.807) is 12.2 Å². The Morgan fingerprint density at radius 1 is 0.536 bits per heavy atom. The van der Waals surface area contributed by atoms with Crippen LogP contribution in [0.5, 0.6) is 0 Å². The van der Waals surface area contributed by atoms with E-state index in [0.29, 0.717) is 20.8 Å². The molecular formula is C22H14Cl4FePd+2. The molecule has 0 aromatic carbocycles. The average molecular weight is 582 g/mol. The molecule has 0 aliphatic heterocycles. The fourth-order valence-corrected chi connectivity index (χ4v) is 3.38. The van der Waals surface area contributed by atoms with E-state index in [9.17, 15) is 0 Å². The third-order valence-corrected chi connectivity index (χ3v) is 5.49. The quantitative estimate of drug-likeness (QED) is 0.203. The Morgan fingerprint density at radius 2 is 0.857 bits per heavy atom. The van der Waals surface area contributed by atoms with Crippen LogP contribution in [-0.2, 0) is 37.5 Å². The van der Waals surface area contributed by atoms with E-state index in [1.165, 1.54) is 0 Å². The Balaban J connectivity index is 0.000000261. The molecule has 0 nitrogen and oxygen atoms in total. The molecule has 0 heterocycles. The fourth-order valence-electron chi connectivity index (χ4n) is 2.56. The summed E-state index contributed by atoms with van der Waals surface area (Å²) in [6.07, 6.45) is 27.3. The van der Waals surface area contributed by atoms with Gasteiger partial charge < -0.3 is 0 Å². The van der Waals surface area contributed by atoms with Crippen LogP contribution in [-0.4, -0.2) is 0 Å². The van der Waals surface area contributed by atoms with E-state index in [-0.39, 0.29) is 37.5 Å². The van der Waals surface area contributed by atoms with Gasteiger partial charge in [-0.2, -0.15) is 0 Å². The molecule has 0 saturated carbocycles. The monoisotopic (exact) mass is 580 g/mol. The van der Waals surface area contributed by atoms with Crippen molar-refractivity contribution in [1.29, 1.82) is 0 Å². The first-order valence-corrected chi connectivity index (χ1v) is 9.41. The number of halogens is 4. The summed E-state index contributed by atoms with van der Waals surface area (Å²) in [5.41, 5.74) is 4.18. The van der Waals surface area contributed by atoms with Crippen LogP contribution in [0.1, 0.15) is 0 Å². The zero-order valence-corrected chi connectivity index (χ0v) is 19.9. The van der Waals surface area contributed by atoms with Crippen molar-refractivity contribution in [3.05, 3.63) is 128 Å². The molecule has 4 aliphatic carbocycles. The number of allylic oxidation sites excluding steroid dienone is 20. The standard InChI is InChI=1S/2C11H7Cl2.Fe.Pd/c2*12-10-7-3-6-9(11(10)13)8-4-1-2-5-8;;/h2*1-7H;;/q2*-1;2*+2. The molecule has 6 heteroatoms. The third kappa shape index (κ3) is 6.24. The minimum atomic E-state index is 0. The minimum absolute atomic E-state index is 0. The van der Waals surface area contributed by atoms with Gasteiger partial charge in [-0.05, 0) is 20.8 Å². The zero-order valence-electron chi connectivity index (χ0n) is 14.3. The molecule has 0 N–H and O–H groups in total. The van der Waals surface area contributed by atoms with Crippen molar-refractivity contribution in [3.8, 4) is 0 Å². The Labute approximate surface area is 210 Å². The molecule has 146 valence electrons. The van der Waals surface area contributed by atoms with Crippen LogP contribution in [0.25, 0.3) is 0 Å². The SMILES string of the molecule is ClC1=CC=CC(=C2C=CC=C2)[C-]1Cl.ClC1=CC=CC(=C2C=CC=C2)[C-]1Cl.[Fe+2].[Pd+2]. The van der Waals surface area contributed by atoms with Crippen molar-refractivity contribution in [2.75, 3.05) is 0 Å². The first-order valence-electron chi connectivity index (χ1n) is 7.90. The van der Waals surface area contributed by atoms with Gasteiger partial charge in [0.25, 0.3) is 0 Å². The Kier molecular flexibility index (Phi) is 11.2. The van der Waals surface area contributed by atoms with Crippen LogP contribution < -0.4 is 0 Å². The number of rotatable bonds is 0. The largest absolute Gasteiger partial charge is 2.00 e. The van der Waals surface area contributed by atoms with Crippen molar-refractivity contribution in [3.63, 3.8) is 0 Å². The maximum Gasteiger partial charge on any atom is 2.00 e. The van der Waals surface area contributed by atoms with Gasteiger partial charge in [-0.25, -0.2) is 0 Å². The maximum atomic E-state index is 6.05. The van der Waals surface area contributed by atoms with Crippen LogP contribution >= 0.6 is 46.4 Å². The second-order valence-electron chi connectivity index (χ2n) is 5.55. The summed E-state index contributed by atoms with van der Waals surface area (Å²) in [6.45, 7) is 0. The molecule has 0 atom stereocenters. The first kappa shape index (κ1) is 25.5. The summed E-state index contributed by atoms with van der Waals surface area (Å²) in [4.78, 5) is 0. The zero-order chi connectivity index (χ0) is 18.5. The van der Waals surface area contributed by atoms with Gasteiger partial charge in [0.05, 0.1) is 0 Å². The summed E-state index contributed by atoms with van der Waals surface area (Å²) in [5.74, 6) is 0. The van der Waals surface area contributed by atoms with Crippen molar-refractivity contribution in [2.45, 2.75) is 0 Å². The predicted octanol–water partition coefficient (Wildman–Crippen LogP) is 7.74. The van der Waals surface area contributed by atoms with Crippen LogP contribution in [0.2, 0.25) is 0 Å². The molecule has 28 heavy (non-hydrogen) atoms. The van der Waals surface area contributed by atoms with Gasteiger partial charge in [0.15, 0.2) is 0 Å². The van der Waals surface area contributed by atoms with E-state index in [4.69, 9.17) is 46.4 Å². The van der Waals surface area contributed by atoms with Gasteiger partial charge in [0, 0.05) is 0 Å². The first-order chi connectivity index (χ1) is 12.6. The number of hydrogen-bond donors (Lipinski definition) is 0. The second kappa shape index (κ2) is 12.2. The molecule has 0 fully saturated rings. The molecule has 0 spiro atoms. The van der Waals surface area contributed by atoms with Gasteiger partial charge in [-0.1, -0.05) is 59.8 Å². The van der Waals surface area contributed by atoms with Gasteiger partial charge >= 0.3 is 37.5 Å². The van der Waals surface area contributed by atoms with Crippen molar-refractivity contribution >= 4 is 46.4 Å². The van der Waals surface area contributed by atoms with Crippen molar-refractivity contribution in [2.24, 2.45) is 0 Å². The molecule has 0 aromatic rings.